The van der Waals surface area contributed by atoms with Crippen molar-refractivity contribution in [1.82, 2.24) is 15.3 Å². The second kappa shape index (κ2) is 11.7. The van der Waals surface area contributed by atoms with Crippen LogP contribution in [0.15, 0.2) is 67.1 Å². The average molecular weight is 494 g/mol. The Kier molecular flexibility index (Phi) is 8.91. The normalized spacial score (nSPS) is 13.8. The van der Waals surface area contributed by atoms with Crippen LogP contribution in [-0.2, 0) is 17.5 Å². The number of rotatable bonds is 11. The van der Waals surface area contributed by atoms with Crippen LogP contribution in [-0.4, -0.2) is 36.3 Å². The first-order valence-electron chi connectivity index (χ1n) is 12.3. The van der Waals surface area contributed by atoms with Crippen LogP contribution in [0.2, 0.25) is 18.1 Å². The van der Waals surface area contributed by atoms with E-state index in [9.17, 15) is 4.79 Å². The summed E-state index contributed by atoms with van der Waals surface area (Å²) in [4.78, 5) is 19.8. The lowest BCUT2D eigenvalue weighted by atomic mass is 10.0. The van der Waals surface area contributed by atoms with Gasteiger partial charge in [0.25, 0.3) is 5.91 Å². The van der Waals surface area contributed by atoms with E-state index >= 15 is 0 Å². The summed E-state index contributed by atoms with van der Waals surface area (Å²) in [5, 5.41) is 3.26. The molecule has 2 N–H and O–H groups in total. The molecule has 0 unspecified atom stereocenters. The Morgan fingerprint density at radius 1 is 1.09 bits per heavy atom. The second-order valence-corrected chi connectivity index (χ2v) is 15.3. The highest BCUT2D eigenvalue weighted by molar-refractivity contribution is 6.74. The van der Waals surface area contributed by atoms with E-state index in [4.69, 9.17) is 9.16 Å². The number of carbonyl (C=O) groups excluding carboxylic acids is 1. The van der Waals surface area contributed by atoms with Gasteiger partial charge in [0, 0.05) is 6.20 Å². The minimum Gasteiger partial charge on any atom is -0.489 e. The van der Waals surface area contributed by atoms with Crippen molar-refractivity contribution in [3.8, 4) is 5.75 Å². The maximum Gasteiger partial charge on any atom is 0.271 e. The first-order valence-corrected chi connectivity index (χ1v) is 15.2. The number of para-hydroxylation sites is 1. The zero-order valence-electron chi connectivity index (χ0n) is 21.8. The van der Waals surface area contributed by atoms with Crippen molar-refractivity contribution in [1.29, 1.82) is 0 Å². The third-order valence-electron chi connectivity index (χ3n) is 6.84. The molecular formula is C28H39N3O3Si. The van der Waals surface area contributed by atoms with Crippen LogP contribution in [0, 0.1) is 0 Å². The molecule has 6 nitrogen and oxygen atoms in total. The summed E-state index contributed by atoms with van der Waals surface area (Å²) >= 11 is 0. The molecule has 2 atom stereocenters. The third kappa shape index (κ3) is 7.54. The Labute approximate surface area is 210 Å². The van der Waals surface area contributed by atoms with Crippen molar-refractivity contribution in [3.05, 3.63) is 83.9 Å². The first-order chi connectivity index (χ1) is 16.6. The summed E-state index contributed by atoms with van der Waals surface area (Å²) in [5.74, 6) is 0.669. The van der Waals surface area contributed by atoms with E-state index in [1.807, 2.05) is 36.4 Å². The van der Waals surface area contributed by atoms with Crippen LogP contribution < -0.4 is 10.1 Å². The van der Waals surface area contributed by atoms with Gasteiger partial charge in [0.1, 0.15) is 18.1 Å². The molecule has 7 heteroatoms. The van der Waals surface area contributed by atoms with E-state index in [0.29, 0.717) is 12.3 Å². The van der Waals surface area contributed by atoms with Gasteiger partial charge < -0.3 is 19.5 Å². The van der Waals surface area contributed by atoms with Crippen LogP contribution in [0.5, 0.6) is 5.75 Å². The minimum absolute atomic E-state index is 0.0793. The molecule has 0 aliphatic rings. The van der Waals surface area contributed by atoms with Gasteiger partial charge in [0.2, 0.25) is 0 Å². The van der Waals surface area contributed by atoms with Crippen molar-refractivity contribution in [2.75, 3.05) is 0 Å². The molecular weight excluding hydrogens is 454 g/mol. The molecule has 0 aliphatic carbocycles. The number of aromatic amines is 1. The number of benzene rings is 2. The van der Waals surface area contributed by atoms with Crippen molar-refractivity contribution < 1.29 is 14.0 Å². The summed E-state index contributed by atoms with van der Waals surface area (Å²) in [5.41, 5.74) is 2.62. The fourth-order valence-electron chi connectivity index (χ4n) is 3.67. The van der Waals surface area contributed by atoms with Crippen molar-refractivity contribution in [2.45, 2.75) is 77.4 Å². The molecule has 0 saturated heterocycles. The number of amides is 1. The molecule has 0 fully saturated rings. The largest absolute Gasteiger partial charge is 0.489 e. The fraction of sp³-hybridized carbons (Fsp3) is 0.429. The third-order valence-corrected chi connectivity index (χ3v) is 11.4. The van der Waals surface area contributed by atoms with Crippen LogP contribution >= 0.6 is 0 Å². The maximum absolute atomic E-state index is 12.9. The zero-order valence-corrected chi connectivity index (χ0v) is 22.8. The first kappa shape index (κ1) is 26.7. The van der Waals surface area contributed by atoms with Gasteiger partial charge in [0.05, 0.1) is 18.5 Å². The lowest BCUT2D eigenvalue weighted by Crippen LogP contribution is -2.51. The highest BCUT2D eigenvalue weighted by Crippen LogP contribution is 2.38. The number of aromatic nitrogens is 2. The molecule has 2 aromatic carbocycles. The van der Waals surface area contributed by atoms with Gasteiger partial charge in [-0.05, 0) is 55.1 Å². The lowest BCUT2D eigenvalue weighted by molar-refractivity contribution is 0.0858. The van der Waals surface area contributed by atoms with Gasteiger partial charge in [-0.3, -0.25) is 4.79 Å². The topological polar surface area (TPSA) is 76.2 Å². The predicted octanol–water partition coefficient (Wildman–Crippen LogP) is 6.13. The predicted molar refractivity (Wildman–Crippen MR) is 143 cm³/mol. The van der Waals surface area contributed by atoms with Crippen molar-refractivity contribution >= 4 is 14.2 Å². The van der Waals surface area contributed by atoms with E-state index in [1.54, 1.807) is 6.20 Å². The average Bonchev–Trinajstić information content (AvgIpc) is 3.35. The van der Waals surface area contributed by atoms with Gasteiger partial charge in [0.15, 0.2) is 8.32 Å². The molecule has 3 aromatic rings. The summed E-state index contributed by atoms with van der Waals surface area (Å²) < 4.78 is 12.8. The van der Waals surface area contributed by atoms with Crippen LogP contribution in [0.3, 0.4) is 0 Å². The number of H-pyrrole nitrogens is 1. The van der Waals surface area contributed by atoms with E-state index in [0.717, 1.165) is 29.7 Å². The zero-order chi connectivity index (χ0) is 25.5. The highest BCUT2D eigenvalue weighted by Gasteiger charge is 2.40. The molecule has 0 aliphatic heterocycles. The van der Waals surface area contributed by atoms with Gasteiger partial charge in [-0.25, -0.2) is 4.98 Å². The Morgan fingerprint density at radius 2 is 1.77 bits per heavy atom. The summed E-state index contributed by atoms with van der Waals surface area (Å²) in [7, 11) is -2.02. The molecule has 0 spiro atoms. The molecule has 0 radical (unpaired) electrons. The summed E-state index contributed by atoms with van der Waals surface area (Å²) in [6.45, 7) is 13.7. The van der Waals surface area contributed by atoms with Gasteiger partial charge in [-0.1, -0.05) is 69.3 Å². The van der Waals surface area contributed by atoms with Gasteiger partial charge in [-0.15, -0.1) is 0 Å². The molecule has 3 rings (SSSR count). The number of hydrogen-bond acceptors (Lipinski definition) is 4. The number of imidazole rings is 1. The fourth-order valence-corrected chi connectivity index (χ4v) is 5.12. The number of nitrogens with one attached hydrogen (secondary N) is 2. The molecule has 0 saturated carbocycles. The molecule has 1 heterocycles. The van der Waals surface area contributed by atoms with E-state index in [1.165, 1.54) is 6.33 Å². The Bertz CT molecular complexity index is 1060. The highest BCUT2D eigenvalue weighted by atomic mass is 28.4. The van der Waals surface area contributed by atoms with E-state index in [2.05, 4.69) is 74.3 Å². The van der Waals surface area contributed by atoms with Crippen LogP contribution in [0.1, 0.15) is 55.7 Å². The number of nitrogens with zero attached hydrogens (tertiary/aromatic N) is 1. The van der Waals surface area contributed by atoms with Crippen LogP contribution in [0.4, 0.5) is 0 Å². The molecule has 0 bridgehead atoms. The molecule has 1 amide bonds. The van der Waals surface area contributed by atoms with E-state index < -0.39 is 8.32 Å². The van der Waals surface area contributed by atoms with Crippen molar-refractivity contribution in [3.63, 3.8) is 0 Å². The molecule has 188 valence electrons. The number of hydrogen-bond donors (Lipinski definition) is 2. The molecule has 1 aromatic heterocycles. The Hall–Kier alpha value is -2.90. The quantitative estimate of drug-likeness (QED) is 0.315. The van der Waals surface area contributed by atoms with E-state index in [-0.39, 0.29) is 23.1 Å². The van der Waals surface area contributed by atoms with Gasteiger partial charge in [-0.2, -0.15) is 0 Å². The Morgan fingerprint density at radius 3 is 2.43 bits per heavy atom. The Balaban J connectivity index is 1.73. The number of aryl methyl sites for hydroxylation is 1. The number of ether oxygens (including phenoxy) is 1. The maximum atomic E-state index is 12.9. The second-order valence-electron chi connectivity index (χ2n) is 10.5. The van der Waals surface area contributed by atoms with Gasteiger partial charge >= 0.3 is 0 Å². The standard InChI is InChI=1S/C28H39N3O3Si/c1-21(34-35(5,6)28(2,3)4)24(31-27(32)25-18-29-20-30-25)17-16-23-14-10-11-15-26(23)33-19-22-12-8-7-9-13-22/h7-15,18,20-21,24H,16-17,19H2,1-6H3,(H,29,30)(H,31,32)/t21-,24+/m0/s1. The lowest BCUT2D eigenvalue weighted by Gasteiger charge is -2.40. The smallest absolute Gasteiger partial charge is 0.271 e. The number of carbonyl (C=O) groups is 1. The monoisotopic (exact) mass is 493 g/mol. The summed E-state index contributed by atoms with van der Waals surface area (Å²) in [6, 6.07) is 18.1. The summed E-state index contributed by atoms with van der Waals surface area (Å²) in [6.07, 6.45) is 4.45. The minimum atomic E-state index is -2.02. The van der Waals surface area contributed by atoms with Crippen molar-refractivity contribution in [2.24, 2.45) is 0 Å². The molecule has 35 heavy (non-hydrogen) atoms. The SMILES string of the molecule is C[C@H](O[Si](C)(C)C(C)(C)C)[C@@H](CCc1ccccc1OCc1ccccc1)NC(=O)c1c[nH]cn1. The van der Waals surface area contributed by atoms with Crippen LogP contribution in [0.25, 0.3) is 0 Å².